The van der Waals surface area contributed by atoms with Crippen LogP contribution in [0, 0.1) is 0 Å². The van der Waals surface area contributed by atoms with Gasteiger partial charge >= 0.3 is 0 Å². The Bertz CT molecular complexity index is 306. The van der Waals surface area contributed by atoms with Gasteiger partial charge in [-0.1, -0.05) is 26.7 Å². The molecular weight excluding hydrogens is 236 g/mol. The minimum atomic E-state index is -3.08. The Kier molecular flexibility index (Phi) is 5.89. The molecule has 102 valence electrons. The summed E-state index contributed by atoms with van der Waals surface area (Å²) in [5, 5.41) is -0.147. The molecule has 1 aliphatic carbocycles. The molecule has 1 rings (SSSR count). The van der Waals surface area contributed by atoms with Crippen LogP contribution in [0.4, 0.5) is 0 Å². The molecule has 17 heavy (non-hydrogen) atoms. The summed E-state index contributed by atoms with van der Waals surface area (Å²) in [5.41, 5.74) is 0. The van der Waals surface area contributed by atoms with E-state index in [1.54, 1.807) is 0 Å². The normalized spacial score (nSPS) is 20.0. The van der Waals surface area contributed by atoms with Gasteiger partial charge in [-0.25, -0.2) is 13.1 Å². The third-order valence-corrected chi connectivity index (χ3v) is 5.67. The van der Waals surface area contributed by atoms with Crippen molar-refractivity contribution in [3.05, 3.63) is 0 Å². The van der Waals surface area contributed by atoms with Gasteiger partial charge in [-0.2, -0.15) is 0 Å². The number of likely N-dealkylation sites (N-methyl/N-ethyl adjacent to an activating group) is 1. The third-order valence-electron chi connectivity index (χ3n) is 3.76. The number of nitrogens with zero attached hydrogens (tertiary/aromatic N) is 1. The average Bonchev–Trinajstić information content (AvgIpc) is 2.82. The molecule has 1 atom stereocenters. The molecule has 1 N–H and O–H groups in total. The zero-order valence-corrected chi connectivity index (χ0v) is 12.1. The van der Waals surface area contributed by atoms with Crippen LogP contribution in [0.2, 0.25) is 0 Å². The lowest BCUT2D eigenvalue weighted by Crippen LogP contribution is -2.44. The third kappa shape index (κ3) is 4.23. The van der Waals surface area contributed by atoms with Gasteiger partial charge in [-0.15, -0.1) is 0 Å². The van der Waals surface area contributed by atoms with Crippen molar-refractivity contribution in [1.82, 2.24) is 9.62 Å². The summed E-state index contributed by atoms with van der Waals surface area (Å²) in [7, 11) is -3.08. The van der Waals surface area contributed by atoms with Crippen molar-refractivity contribution in [3.63, 3.8) is 0 Å². The highest BCUT2D eigenvalue weighted by Gasteiger charge is 2.28. The van der Waals surface area contributed by atoms with Gasteiger partial charge in [0.15, 0.2) is 0 Å². The Morgan fingerprint density at radius 3 is 2.24 bits per heavy atom. The standard InChI is InChI=1S/C12H26N2O2S/c1-4-14(5-2)11(3)10-13-17(15,16)12-8-6-7-9-12/h11-13H,4-10H2,1-3H3. The van der Waals surface area contributed by atoms with Gasteiger partial charge < -0.3 is 0 Å². The molecule has 4 nitrogen and oxygen atoms in total. The van der Waals surface area contributed by atoms with Crippen molar-refractivity contribution in [2.24, 2.45) is 0 Å². The summed E-state index contributed by atoms with van der Waals surface area (Å²) in [5.74, 6) is 0. The summed E-state index contributed by atoms with van der Waals surface area (Å²) < 4.78 is 26.8. The summed E-state index contributed by atoms with van der Waals surface area (Å²) in [6, 6.07) is 0.265. The lowest BCUT2D eigenvalue weighted by molar-refractivity contribution is 0.232. The van der Waals surface area contributed by atoms with E-state index in [-0.39, 0.29) is 11.3 Å². The van der Waals surface area contributed by atoms with Crippen molar-refractivity contribution in [3.8, 4) is 0 Å². The van der Waals surface area contributed by atoms with Crippen molar-refractivity contribution in [2.75, 3.05) is 19.6 Å². The van der Waals surface area contributed by atoms with Crippen LogP contribution in [0.25, 0.3) is 0 Å². The molecule has 1 fully saturated rings. The molecular formula is C12H26N2O2S. The van der Waals surface area contributed by atoms with Gasteiger partial charge in [0.05, 0.1) is 5.25 Å². The Labute approximate surface area is 106 Å². The van der Waals surface area contributed by atoms with Gasteiger partial charge in [0, 0.05) is 12.6 Å². The Morgan fingerprint density at radius 2 is 1.76 bits per heavy atom. The van der Waals surface area contributed by atoms with Crippen LogP contribution < -0.4 is 4.72 Å². The molecule has 1 aliphatic rings. The van der Waals surface area contributed by atoms with Crippen molar-refractivity contribution < 1.29 is 8.42 Å². The first-order chi connectivity index (χ1) is 8.01. The maximum atomic E-state index is 12.0. The van der Waals surface area contributed by atoms with Gasteiger partial charge in [-0.05, 0) is 32.9 Å². The lowest BCUT2D eigenvalue weighted by Gasteiger charge is -2.26. The molecule has 0 spiro atoms. The first-order valence-electron chi connectivity index (χ1n) is 6.73. The highest BCUT2D eigenvalue weighted by atomic mass is 32.2. The van der Waals surface area contributed by atoms with Crippen molar-refractivity contribution >= 4 is 10.0 Å². The summed E-state index contributed by atoms with van der Waals surface area (Å²) >= 11 is 0. The van der Waals surface area contributed by atoms with Crippen LogP contribution in [0.3, 0.4) is 0 Å². The zero-order chi connectivity index (χ0) is 12.9. The van der Waals surface area contributed by atoms with Crippen molar-refractivity contribution in [1.29, 1.82) is 0 Å². The highest BCUT2D eigenvalue weighted by Crippen LogP contribution is 2.23. The quantitative estimate of drug-likeness (QED) is 0.758. The van der Waals surface area contributed by atoms with Gasteiger partial charge in [0.25, 0.3) is 0 Å². The fourth-order valence-corrected chi connectivity index (χ4v) is 4.19. The van der Waals surface area contributed by atoms with E-state index in [0.29, 0.717) is 6.54 Å². The fraction of sp³-hybridized carbons (Fsp3) is 1.00. The summed E-state index contributed by atoms with van der Waals surface area (Å²) in [4.78, 5) is 2.26. The molecule has 5 heteroatoms. The number of rotatable bonds is 7. The molecule has 0 saturated heterocycles. The van der Waals surface area contributed by atoms with Crippen LogP contribution in [0.5, 0.6) is 0 Å². The van der Waals surface area contributed by atoms with E-state index in [1.807, 2.05) is 0 Å². The van der Waals surface area contributed by atoms with Gasteiger partial charge in [0.2, 0.25) is 10.0 Å². The second-order valence-corrected chi connectivity index (χ2v) is 6.92. The lowest BCUT2D eigenvalue weighted by atomic mass is 10.3. The average molecular weight is 262 g/mol. The number of sulfonamides is 1. The topological polar surface area (TPSA) is 49.4 Å². The van der Waals surface area contributed by atoms with E-state index in [1.165, 1.54) is 0 Å². The fourth-order valence-electron chi connectivity index (χ4n) is 2.53. The predicted octanol–water partition coefficient (Wildman–Crippen LogP) is 1.58. The van der Waals surface area contributed by atoms with Gasteiger partial charge in [-0.3, -0.25) is 4.90 Å². The molecule has 1 unspecified atom stereocenters. The molecule has 0 amide bonds. The predicted molar refractivity (Wildman–Crippen MR) is 71.6 cm³/mol. The van der Waals surface area contributed by atoms with Crippen molar-refractivity contribution in [2.45, 2.75) is 57.7 Å². The first kappa shape index (κ1) is 14.9. The minimum Gasteiger partial charge on any atom is -0.300 e. The molecule has 0 aliphatic heterocycles. The van der Waals surface area contributed by atoms with Gasteiger partial charge in [0.1, 0.15) is 0 Å². The van der Waals surface area contributed by atoms with Crippen LogP contribution in [-0.2, 0) is 10.0 Å². The summed E-state index contributed by atoms with van der Waals surface area (Å²) in [6.45, 7) is 8.73. The maximum Gasteiger partial charge on any atom is 0.214 e. The summed E-state index contributed by atoms with van der Waals surface area (Å²) in [6.07, 6.45) is 3.76. The number of hydrogen-bond donors (Lipinski definition) is 1. The SMILES string of the molecule is CCN(CC)C(C)CNS(=O)(=O)C1CCCC1. The maximum absolute atomic E-state index is 12.0. The van der Waals surface area contributed by atoms with E-state index in [0.717, 1.165) is 38.8 Å². The smallest absolute Gasteiger partial charge is 0.214 e. The Morgan fingerprint density at radius 1 is 1.24 bits per heavy atom. The second kappa shape index (κ2) is 6.71. The molecule has 0 radical (unpaired) electrons. The highest BCUT2D eigenvalue weighted by molar-refractivity contribution is 7.90. The van der Waals surface area contributed by atoms with Crippen LogP contribution >= 0.6 is 0 Å². The van der Waals surface area contributed by atoms with E-state index in [4.69, 9.17) is 0 Å². The minimum absolute atomic E-state index is 0.147. The largest absolute Gasteiger partial charge is 0.300 e. The zero-order valence-electron chi connectivity index (χ0n) is 11.3. The first-order valence-corrected chi connectivity index (χ1v) is 8.28. The van der Waals surface area contributed by atoms with Crippen LogP contribution in [0.1, 0.15) is 46.5 Å². The molecule has 0 bridgehead atoms. The second-order valence-electron chi connectivity index (χ2n) is 4.87. The molecule has 0 aromatic carbocycles. The molecule has 0 aromatic rings. The van der Waals surface area contributed by atoms with Crippen LogP contribution in [0.15, 0.2) is 0 Å². The van der Waals surface area contributed by atoms with E-state index in [2.05, 4.69) is 30.4 Å². The van der Waals surface area contributed by atoms with E-state index < -0.39 is 10.0 Å². The number of hydrogen-bond acceptors (Lipinski definition) is 3. The molecule has 0 aromatic heterocycles. The molecule has 0 heterocycles. The number of nitrogens with one attached hydrogen (secondary N) is 1. The van der Waals surface area contributed by atoms with E-state index >= 15 is 0 Å². The van der Waals surface area contributed by atoms with Crippen LogP contribution in [-0.4, -0.2) is 44.2 Å². The Hall–Kier alpha value is -0.130. The monoisotopic (exact) mass is 262 g/mol. The Balaban J connectivity index is 2.43. The molecule has 1 saturated carbocycles. The van der Waals surface area contributed by atoms with E-state index in [9.17, 15) is 8.42 Å².